The quantitative estimate of drug-likeness (QED) is 0.471. The SMILES string of the molecule is CS(=O)(=O)Nc1cccc(S(=O)[O-])c1.[Na+]. The van der Waals surface area contributed by atoms with Crippen LogP contribution < -0.4 is 34.3 Å². The molecular weight excluding hydrogens is 249 g/mol. The molecule has 0 fully saturated rings. The Morgan fingerprint density at radius 3 is 2.47 bits per heavy atom. The van der Waals surface area contributed by atoms with Crippen molar-refractivity contribution in [3.8, 4) is 0 Å². The summed E-state index contributed by atoms with van der Waals surface area (Å²) in [4.78, 5) is 0.0404. The first kappa shape index (κ1) is 15.1. The molecule has 0 heterocycles. The molecule has 0 aliphatic heterocycles. The predicted molar refractivity (Wildman–Crippen MR) is 52.1 cm³/mol. The van der Waals surface area contributed by atoms with Gasteiger partial charge in [0.2, 0.25) is 10.0 Å². The molecule has 1 atom stereocenters. The minimum atomic E-state index is -3.37. The van der Waals surface area contributed by atoms with Crippen molar-refractivity contribution < 1.29 is 46.7 Å². The Bertz CT molecular complexity index is 460. The molecule has 0 aliphatic rings. The molecule has 0 saturated heterocycles. The van der Waals surface area contributed by atoms with Crippen LogP contribution in [-0.4, -0.2) is 23.4 Å². The van der Waals surface area contributed by atoms with Gasteiger partial charge in [0.1, 0.15) is 0 Å². The van der Waals surface area contributed by atoms with E-state index in [-0.39, 0.29) is 40.1 Å². The third-order valence-corrected chi connectivity index (χ3v) is 2.58. The second-order valence-electron chi connectivity index (χ2n) is 2.64. The molecule has 0 radical (unpaired) electrons. The Labute approximate surface area is 113 Å². The Morgan fingerprint density at radius 2 is 2.00 bits per heavy atom. The molecule has 8 heteroatoms. The summed E-state index contributed by atoms with van der Waals surface area (Å²) in [7, 11) is -3.37. The molecule has 0 saturated carbocycles. The zero-order chi connectivity index (χ0) is 10.8. The summed E-state index contributed by atoms with van der Waals surface area (Å²) < 4.78 is 44.9. The van der Waals surface area contributed by atoms with Crippen molar-refractivity contribution in [3.05, 3.63) is 24.3 Å². The number of rotatable bonds is 3. The number of benzene rings is 1. The van der Waals surface area contributed by atoms with Crippen LogP contribution in [0.1, 0.15) is 0 Å². The summed E-state index contributed by atoms with van der Waals surface area (Å²) in [5.74, 6) is 0. The molecule has 1 aromatic carbocycles. The van der Waals surface area contributed by atoms with Crippen molar-refractivity contribution in [3.63, 3.8) is 0 Å². The summed E-state index contributed by atoms with van der Waals surface area (Å²) in [5.41, 5.74) is 0.231. The van der Waals surface area contributed by atoms with Crippen LogP contribution in [0.4, 0.5) is 5.69 Å². The Balaban J connectivity index is 0.00000196. The second-order valence-corrected chi connectivity index (χ2v) is 5.33. The first-order chi connectivity index (χ1) is 6.38. The van der Waals surface area contributed by atoms with Gasteiger partial charge in [0.25, 0.3) is 0 Å². The van der Waals surface area contributed by atoms with E-state index in [1.807, 2.05) is 0 Å². The number of anilines is 1. The van der Waals surface area contributed by atoms with E-state index < -0.39 is 21.1 Å². The molecule has 0 amide bonds. The monoisotopic (exact) mass is 257 g/mol. The minimum absolute atomic E-state index is 0. The van der Waals surface area contributed by atoms with E-state index in [0.29, 0.717) is 0 Å². The van der Waals surface area contributed by atoms with Crippen LogP contribution in [0.5, 0.6) is 0 Å². The zero-order valence-electron chi connectivity index (χ0n) is 8.26. The molecule has 0 bridgehead atoms. The molecule has 1 rings (SSSR count). The fourth-order valence-corrected chi connectivity index (χ4v) is 1.85. The minimum Gasteiger partial charge on any atom is -0.768 e. The van der Waals surface area contributed by atoms with Gasteiger partial charge >= 0.3 is 29.6 Å². The van der Waals surface area contributed by atoms with E-state index in [4.69, 9.17) is 0 Å². The fraction of sp³-hybridized carbons (Fsp3) is 0.143. The van der Waals surface area contributed by atoms with Crippen molar-refractivity contribution in [1.29, 1.82) is 0 Å². The average molecular weight is 257 g/mol. The molecule has 78 valence electrons. The Hall–Kier alpha value is 0.0800. The number of hydrogen-bond donors (Lipinski definition) is 1. The van der Waals surface area contributed by atoms with E-state index >= 15 is 0 Å². The second kappa shape index (κ2) is 5.97. The van der Waals surface area contributed by atoms with Crippen molar-refractivity contribution in [2.75, 3.05) is 11.0 Å². The van der Waals surface area contributed by atoms with Crippen LogP contribution in [-0.2, 0) is 21.1 Å². The topological polar surface area (TPSA) is 86.3 Å². The van der Waals surface area contributed by atoms with E-state index in [0.717, 1.165) is 6.26 Å². The summed E-state index contributed by atoms with van der Waals surface area (Å²) in [6, 6.07) is 5.54. The zero-order valence-corrected chi connectivity index (χ0v) is 11.9. The largest absolute Gasteiger partial charge is 1.00 e. The van der Waals surface area contributed by atoms with Gasteiger partial charge in [-0.25, -0.2) is 8.42 Å². The third kappa shape index (κ3) is 5.64. The number of nitrogens with one attached hydrogen (secondary N) is 1. The standard InChI is InChI=1S/C7H9NO4S2.Na/c1-14(11,12)8-6-3-2-4-7(5-6)13(9)10;/h2-5,8H,1H3,(H,9,10);/q;+1/p-1. The van der Waals surface area contributed by atoms with Crippen LogP contribution in [0.25, 0.3) is 0 Å². The smallest absolute Gasteiger partial charge is 0.768 e. The van der Waals surface area contributed by atoms with Crippen molar-refractivity contribution in [2.45, 2.75) is 4.90 Å². The van der Waals surface area contributed by atoms with E-state index in [9.17, 15) is 17.2 Å². The van der Waals surface area contributed by atoms with Gasteiger partial charge < -0.3 is 4.55 Å². The summed E-state index contributed by atoms with van der Waals surface area (Å²) in [6.07, 6.45) is 0.994. The van der Waals surface area contributed by atoms with Crippen LogP contribution in [0.3, 0.4) is 0 Å². The summed E-state index contributed by atoms with van der Waals surface area (Å²) in [6.45, 7) is 0. The van der Waals surface area contributed by atoms with Crippen molar-refractivity contribution in [2.24, 2.45) is 0 Å². The molecule has 1 N–H and O–H groups in total. The Morgan fingerprint density at radius 1 is 1.40 bits per heavy atom. The first-order valence-electron chi connectivity index (χ1n) is 3.55. The number of hydrogen-bond acceptors (Lipinski definition) is 4. The molecule has 0 spiro atoms. The molecule has 1 unspecified atom stereocenters. The molecule has 0 aliphatic carbocycles. The number of sulfonamides is 1. The fourth-order valence-electron chi connectivity index (χ4n) is 0.877. The van der Waals surface area contributed by atoms with Gasteiger partial charge in [-0.05, 0) is 29.3 Å². The van der Waals surface area contributed by atoms with E-state index in [2.05, 4.69) is 4.72 Å². The van der Waals surface area contributed by atoms with E-state index in [1.165, 1.54) is 24.3 Å². The van der Waals surface area contributed by atoms with Gasteiger partial charge in [-0.3, -0.25) is 8.93 Å². The summed E-state index contributed by atoms with van der Waals surface area (Å²) >= 11 is -2.35. The summed E-state index contributed by atoms with van der Waals surface area (Å²) in [5, 5.41) is 0. The van der Waals surface area contributed by atoms with Gasteiger partial charge in [0.15, 0.2) is 0 Å². The van der Waals surface area contributed by atoms with Crippen LogP contribution >= 0.6 is 0 Å². The molecule has 0 aromatic heterocycles. The van der Waals surface area contributed by atoms with Gasteiger partial charge in [0.05, 0.1) is 6.26 Å². The van der Waals surface area contributed by atoms with Gasteiger partial charge in [-0.15, -0.1) is 0 Å². The maximum Gasteiger partial charge on any atom is 1.00 e. The molecule has 1 aromatic rings. The first-order valence-corrected chi connectivity index (χ1v) is 6.52. The maximum absolute atomic E-state index is 10.8. The molecular formula is C7H8NNaO4S2. The van der Waals surface area contributed by atoms with Crippen molar-refractivity contribution in [1.82, 2.24) is 0 Å². The van der Waals surface area contributed by atoms with Crippen molar-refractivity contribution >= 4 is 26.8 Å². The molecule has 5 nitrogen and oxygen atoms in total. The van der Waals surface area contributed by atoms with Crippen LogP contribution in [0.2, 0.25) is 0 Å². The van der Waals surface area contributed by atoms with Gasteiger partial charge in [-0.1, -0.05) is 6.07 Å². The average Bonchev–Trinajstić information content (AvgIpc) is 2.01. The molecule has 15 heavy (non-hydrogen) atoms. The van der Waals surface area contributed by atoms with E-state index in [1.54, 1.807) is 0 Å². The van der Waals surface area contributed by atoms with Gasteiger partial charge in [-0.2, -0.15) is 0 Å². The Kier molecular flexibility index (Phi) is 6.01. The maximum atomic E-state index is 10.8. The van der Waals surface area contributed by atoms with Crippen LogP contribution in [0.15, 0.2) is 29.2 Å². The van der Waals surface area contributed by atoms with Crippen LogP contribution in [0, 0.1) is 0 Å². The predicted octanol–water partition coefficient (Wildman–Crippen LogP) is -2.70. The normalized spacial score (nSPS) is 12.7. The third-order valence-electron chi connectivity index (χ3n) is 1.33. The van der Waals surface area contributed by atoms with Gasteiger partial charge in [0, 0.05) is 10.6 Å².